The number of carbonyl (C=O) groups excluding carboxylic acids is 1. The highest BCUT2D eigenvalue weighted by Crippen LogP contribution is 2.39. The minimum atomic E-state index is -0.430. The van der Waals surface area contributed by atoms with E-state index in [2.05, 4.69) is 34.1 Å². The third-order valence-corrected chi connectivity index (χ3v) is 6.66. The zero-order valence-corrected chi connectivity index (χ0v) is 22.6. The minimum absolute atomic E-state index is 0.239. The zero-order valence-electron chi connectivity index (χ0n) is 22.6. The molecule has 0 amide bonds. The molecule has 2 N–H and O–H groups in total. The Hall–Kier alpha value is -3.68. The Bertz CT molecular complexity index is 1460. The second-order valence-corrected chi connectivity index (χ2v) is 11.0. The van der Waals surface area contributed by atoms with Gasteiger partial charge in [0.05, 0.1) is 24.9 Å². The molecular weight excluding hydrogens is 471 g/mol. The third-order valence-electron chi connectivity index (χ3n) is 6.66. The summed E-state index contributed by atoms with van der Waals surface area (Å²) in [5.74, 6) is 1.40. The molecule has 8 heteroatoms. The molecule has 2 aromatic heterocycles. The lowest BCUT2D eigenvalue weighted by Crippen LogP contribution is -2.33. The van der Waals surface area contributed by atoms with Gasteiger partial charge >= 0.3 is 0 Å². The van der Waals surface area contributed by atoms with E-state index in [0.29, 0.717) is 58.7 Å². The van der Waals surface area contributed by atoms with Gasteiger partial charge in [-0.05, 0) is 43.0 Å². The summed E-state index contributed by atoms with van der Waals surface area (Å²) in [4.78, 5) is 24.3. The first-order chi connectivity index (χ1) is 17.4. The van der Waals surface area contributed by atoms with E-state index in [1.807, 2.05) is 33.8 Å². The Morgan fingerprint density at radius 3 is 2.54 bits per heavy atom. The van der Waals surface area contributed by atoms with Crippen LogP contribution in [0.25, 0.3) is 21.8 Å². The van der Waals surface area contributed by atoms with Crippen molar-refractivity contribution in [1.82, 2.24) is 15.0 Å². The van der Waals surface area contributed by atoms with Gasteiger partial charge in [-0.2, -0.15) is 0 Å². The molecule has 2 aromatic carbocycles. The first-order valence-electron chi connectivity index (χ1n) is 12.5. The lowest BCUT2D eigenvalue weighted by Gasteiger charge is -2.33. The van der Waals surface area contributed by atoms with Crippen molar-refractivity contribution in [1.29, 1.82) is 0 Å². The molecular formula is C29H35FN4O3. The molecule has 7 nitrogen and oxygen atoms in total. The topological polar surface area (TPSA) is 89.1 Å². The number of nitrogens with zero attached hydrogens (tertiary/aromatic N) is 2. The number of Topliss-reactive ketones (excluding diaryl/α,β-unsaturated/α-hetero) is 1. The van der Waals surface area contributed by atoms with Crippen molar-refractivity contribution >= 4 is 39.1 Å². The summed E-state index contributed by atoms with van der Waals surface area (Å²) in [6.07, 6.45) is 2.64. The highest BCUT2D eigenvalue weighted by atomic mass is 19.1. The van der Waals surface area contributed by atoms with Crippen molar-refractivity contribution in [3.63, 3.8) is 0 Å². The number of methoxy groups -OCH3 is 1. The standard InChI is InChI=1S/C29H35FN4O3/c1-8-25(35)29(5,6)14-28(3,4)15-37-24-13-22-19(12-23(24)36-7)27(32-16-31-22)34-21-10-9-20-18(26(21)30)11-17(2)33-20/h9-13,16,33H,8,14-15H2,1-7H3,(H,31,32,34). The fourth-order valence-corrected chi connectivity index (χ4v) is 5.07. The number of anilines is 2. The van der Waals surface area contributed by atoms with Crippen LogP contribution in [-0.4, -0.2) is 34.5 Å². The fraction of sp³-hybridized carbons (Fsp3) is 0.414. The molecule has 0 fully saturated rings. The Balaban J connectivity index is 1.61. The molecule has 0 atom stereocenters. The molecule has 0 saturated heterocycles. The van der Waals surface area contributed by atoms with E-state index in [1.165, 1.54) is 6.33 Å². The Kier molecular flexibility index (Phi) is 7.13. The zero-order chi connectivity index (χ0) is 27.0. The van der Waals surface area contributed by atoms with Gasteiger partial charge in [-0.1, -0.05) is 34.6 Å². The number of fused-ring (bicyclic) bond motifs is 2. The van der Waals surface area contributed by atoms with Crippen LogP contribution >= 0.6 is 0 Å². The Morgan fingerprint density at radius 1 is 1.08 bits per heavy atom. The highest BCUT2D eigenvalue weighted by Gasteiger charge is 2.34. The van der Waals surface area contributed by atoms with Crippen LogP contribution in [0.15, 0.2) is 36.7 Å². The van der Waals surface area contributed by atoms with E-state index in [9.17, 15) is 4.79 Å². The van der Waals surface area contributed by atoms with Crippen LogP contribution in [0.1, 0.15) is 53.2 Å². The summed E-state index contributed by atoms with van der Waals surface area (Å²) < 4.78 is 27.0. The summed E-state index contributed by atoms with van der Waals surface area (Å²) in [6, 6.07) is 8.89. The number of halogens is 1. The van der Waals surface area contributed by atoms with Gasteiger partial charge < -0.3 is 19.8 Å². The average Bonchev–Trinajstić information content (AvgIpc) is 3.24. The predicted octanol–water partition coefficient (Wildman–Crippen LogP) is 7.11. The van der Waals surface area contributed by atoms with Gasteiger partial charge in [-0.25, -0.2) is 14.4 Å². The molecule has 2 heterocycles. The van der Waals surface area contributed by atoms with E-state index in [4.69, 9.17) is 9.47 Å². The maximum Gasteiger partial charge on any atom is 0.163 e. The van der Waals surface area contributed by atoms with Crippen LogP contribution in [0.2, 0.25) is 0 Å². The van der Waals surface area contributed by atoms with Crippen molar-refractivity contribution < 1.29 is 18.7 Å². The molecule has 0 aliphatic heterocycles. The predicted molar refractivity (Wildman–Crippen MR) is 145 cm³/mol. The summed E-state index contributed by atoms with van der Waals surface area (Å²) in [7, 11) is 1.57. The molecule has 0 unspecified atom stereocenters. The quantitative estimate of drug-likeness (QED) is 0.238. The number of ether oxygens (including phenoxy) is 2. The number of ketones is 1. The van der Waals surface area contributed by atoms with E-state index < -0.39 is 5.41 Å². The second kappa shape index (κ2) is 10.00. The molecule has 0 bridgehead atoms. The number of aromatic nitrogens is 3. The number of hydrogen-bond acceptors (Lipinski definition) is 6. The van der Waals surface area contributed by atoms with E-state index in [-0.39, 0.29) is 17.0 Å². The number of hydrogen-bond donors (Lipinski definition) is 2. The summed E-state index contributed by atoms with van der Waals surface area (Å²) in [5.41, 5.74) is 1.89. The third kappa shape index (κ3) is 5.53. The SMILES string of the molecule is CCC(=O)C(C)(C)CC(C)(C)COc1cc2ncnc(Nc3ccc4[nH]c(C)cc4c3F)c2cc1OC. The molecule has 0 aliphatic carbocycles. The number of H-pyrrole nitrogens is 1. The molecule has 0 aliphatic rings. The number of carbonyl (C=O) groups is 1. The maximum atomic E-state index is 15.2. The number of benzene rings is 2. The molecule has 196 valence electrons. The van der Waals surface area contributed by atoms with E-state index in [1.54, 1.807) is 31.4 Å². The largest absolute Gasteiger partial charge is 0.493 e. The first-order valence-corrected chi connectivity index (χ1v) is 12.5. The van der Waals surface area contributed by atoms with Crippen LogP contribution in [0.3, 0.4) is 0 Å². The molecule has 4 aromatic rings. The van der Waals surface area contributed by atoms with Gasteiger partial charge in [-0.3, -0.25) is 4.79 Å². The summed E-state index contributed by atoms with van der Waals surface area (Å²) in [5, 5.41) is 4.30. The number of aromatic amines is 1. The molecule has 0 radical (unpaired) electrons. The van der Waals surface area contributed by atoms with Gasteiger partial charge in [-0.15, -0.1) is 0 Å². The lowest BCUT2D eigenvalue weighted by molar-refractivity contribution is -0.128. The first kappa shape index (κ1) is 26.4. The lowest BCUT2D eigenvalue weighted by atomic mass is 9.72. The van der Waals surface area contributed by atoms with Crippen molar-refractivity contribution in [2.24, 2.45) is 10.8 Å². The van der Waals surface area contributed by atoms with Gasteiger partial charge in [0.15, 0.2) is 17.3 Å². The van der Waals surface area contributed by atoms with Crippen LogP contribution in [0, 0.1) is 23.6 Å². The Labute approximate surface area is 216 Å². The highest BCUT2D eigenvalue weighted by molar-refractivity contribution is 5.94. The van der Waals surface area contributed by atoms with Crippen LogP contribution in [0.5, 0.6) is 11.5 Å². The van der Waals surface area contributed by atoms with Crippen LogP contribution < -0.4 is 14.8 Å². The molecule has 0 saturated carbocycles. The molecule has 4 rings (SSSR count). The van der Waals surface area contributed by atoms with E-state index >= 15 is 4.39 Å². The smallest absolute Gasteiger partial charge is 0.163 e. The molecule has 37 heavy (non-hydrogen) atoms. The summed E-state index contributed by atoms with van der Waals surface area (Å²) >= 11 is 0. The number of rotatable bonds is 10. The van der Waals surface area contributed by atoms with Crippen LogP contribution in [0.4, 0.5) is 15.9 Å². The van der Waals surface area contributed by atoms with Crippen molar-refractivity contribution in [2.75, 3.05) is 19.0 Å². The minimum Gasteiger partial charge on any atom is -0.493 e. The van der Waals surface area contributed by atoms with Gasteiger partial charge in [0, 0.05) is 39.9 Å². The van der Waals surface area contributed by atoms with E-state index in [0.717, 1.165) is 11.2 Å². The van der Waals surface area contributed by atoms with Gasteiger partial charge in [0.1, 0.15) is 17.9 Å². The van der Waals surface area contributed by atoms with Crippen molar-refractivity contribution in [3.05, 3.63) is 48.2 Å². The maximum absolute atomic E-state index is 15.2. The number of nitrogens with one attached hydrogen (secondary N) is 2. The van der Waals surface area contributed by atoms with Crippen molar-refractivity contribution in [3.8, 4) is 11.5 Å². The Morgan fingerprint density at radius 2 is 1.84 bits per heavy atom. The second-order valence-electron chi connectivity index (χ2n) is 11.0. The average molecular weight is 507 g/mol. The fourth-order valence-electron chi connectivity index (χ4n) is 5.07. The van der Waals surface area contributed by atoms with Crippen molar-refractivity contribution in [2.45, 2.75) is 54.4 Å². The van der Waals surface area contributed by atoms with Crippen LogP contribution in [-0.2, 0) is 4.79 Å². The van der Waals surface area contributed by atoms with Gasteiger partial charge in [0.2, 0.25) is 0 Å². The summed E-state index contributed by atoms with van der Waals surface area (Å²) in [6.45, 7) is 12.3. The monoisotopic (exact) mass is 506 g/mol. The normalized spacial score (nSPS) is 12.2. The number of aryl methyl sites for hydroxylation is 1. The van der Waals surface area contributed by atoms with Gasteiger partial charge in [0.25, 0.3) is 0 Å². The molecule has 0 spiro atoms.